The average molecular weight is 656 g/mol. The zero-order chi connectivity index (χ0) is 33.5. The predicted octanol–water partition coefficient (Wildman–Crippen LogP) is 12.2. The zero-order valence-electron chi connectivity index (χ0n) is 27.0. The number of para-hydroxylation sites is 4. The van der Waals surface area contributed by atoms with Gasteiger partial charge < -0.3 is 13.3 Å². The molecule has 51 heavy (non-hydrogen) atoms. The van der Waals surface area contributed by atoms with E-state index in [-0.39, 0.29) is 0 Å². The molecule has 0 spiro atoms. The normalized spacial score (nSPS) is 11.9. The van der Waals surface area contributed by atoms with E-state index in [0.717, 1.165) is 93.6 Å². The van der Waals surface area contributed by atoms with Gasteiger partial charge in [-0.2, -0.15) is 0 Å². The van der Waals surface area contributed by atoms with Crippen LogP contribution in [0.4, 0.5) is 0 Å². The Balaban J connectivity index is 1.07. The highest BCUT2D eigenvalue weighted by Gasteiger charge is 2.19. The van der Waals surface area contributed by atoms with Crippen LogP contribution < -0.4 is 0 Å². The van der Waals surface area contributed by atoms with E-state index < -0.39 is 0 Å². The molecule has 4 heterocycles. The average Bonchev–Trinajstić information content (AvgIpc) is 3.88. The van der Waals surface area contributed by atoms with Crippen LogP contribution in [0.3, 0.4) is 0 Å². The molecule has 7 aromatic carbocycles. The van der Waals surface area contributed by atoms with Crippen molar-refractivity contribution >= 4 is 65.8 Å². The molecular weight excluding hydrogens is 631 g/mol. The van der Waals surface area contributed by atoms with E-state index in [1.165, 1.54) is 0 Å². The maximum Gasteiger partial charge on any atom is 0.167 e. The molecule has 6 nitrogen and oxygen atoms in total. The number of benzene rings is 7. The molecule has 0 radical (unpaired) electrons. The van der Waals surface area contributed by atoms with Crippen molar-refractivity contribution in [3.8, 4) is 45.3 Å². The van der Waals surface area contributed by atoms with Gasteiger partial charge in [0.1, 0.15) is 33.5 Å². The molecule has 0 atom stereocenters. The van der Waals surface area contributed by atoms with Crippen molar-refractivity contribution in [2.24, 2.45) is 0 Å². The summed E-state index contributed by atoms with van der Waals surface area (Å²) in [6.45, 7) is 0. The number of furan rings is 3. The van der Waals surface area contributed by atoms with Gasteiger partial charge in [-0.3, -0.25) is 0 Å². The van der Waals surface area contributed by atoms with Crippen LogP contribution in [0.1, 0.15) is 0 Å². The predicted molar refractivity (Wildman–Crippen MR) is 203 cm³/mol. The van der Waals surface area contributed by atoms with Crippen LogP contribution in [-0.4, -0.2) is 15.0 Å². The summed E-state index contributed by atoms with van der Waals surface area (Å²) in [6.07, 6.45) is 0. The summed E-state index contributed by atoms with van der Waals surface area (Å²) in [5.74, 6) is 1.70. The quantitative estimate of drug-likeness (QED) is 0.188. The van der Waals surface area contributed by atoms with E-state index in [4.69, 9.17) is 28.2 Å². The molecule has 0 fully saturated rings. The first kappa shape index (κ1) is 27.9. The Morgan fingerprint density at radius 2 is 0.843 bits per heavy atom. The summed E-state index contributed by atoms with van der Waals surface area (Å²) < 4.78 is 19.2. The Hall–Kier alpha value is -7.05. The fourth-order valence-electron chi connectivity index (χ4n) is 7.32. The van der Waals surface area contributed by atoms with Crippen LogP contribution in [0.15, 0.2) is 165 Å². The summed E-state index contributed by atoms with van der Waals surface area (Å²) in [4.78, 5) is 15.1. The van der Waals surface area contributed by atoms with Crippen molar-refractivity contribution in [1.29, 1.82) is 0 Å². The van der Waals surface area contributed by atoms with Crippen LogP contribution in [-0.2, 0) is 0 Å². The van der Waals surface area contributed by atoms with Crippen molar-refractivity contribution in [2.45, 2.75) is 0 Å². The molecule has 11 rings (SSSR count). The van der Waals surface area contributed by atoms with E-state index >= 15 is 0 Å². The topological polar surface area (TPSA) is 78.1 Å². The highest BCUT2D eigenvalue weighted by atomic mass is 16.3. The summed E-state index contributed by atoms with van der Waals surface area (Å²) in [7, 11) is 0. The maximum atomic E-state index is 6.44. The summed E-state index contributed by atoms with van der Waals surface area (Å²) in [5, 5.41) is 6.28. The van der Waals surface area contributed by atoms with Crippen LogP contribution in [0.25, 0.3) is 111 Å². The van der Waals surface area contributed by atoms with Gasteiger partial charge in [-0.1, -0.05) is 103 Å². The number of fused-ring (bicyclic) bond motifs is 9. The van der Waals surface area contributed by atoms with Gasteiger partial charge in [0.15, 0.2) is 17.5 Å². The second-order valence-electron chi connectivity index (χ2n) is 12.8. The van der Waals surface area contributed by atoms with Gasteiger partial charge in [0.05, 0.1) is 5.56 Å². The molecule has 0 bridgehead atoms. The lowest BCUT2D eigenvalue weighted by atomic mass is 10.0. The van der Waals surface area contributed by atoms with Gasteiger partial charge in [-0.25, -0.2) is 15.0 Å². The minimum absolute atomic E-state index is 0.546. The van der Waals surface area contributed by atoms with Crippen LogP contribution in [0.5, 0.6) is 0 Å². The minimum Gasteiger partial charge on any atom is -0.456 e. The van der Waals surface area contributed by atoms with Gasteiger partial charge in [0.25, 0.3) is 0 Å². The highest BCUT2D eigenvalue weighted by molar-refractivity contribution is 6.12. The zero-order valence-corrected chi connectivity index (χ0v) is 27.0. The second kappa shape index (κ2) is 10.7. The number of rotatable bonds is 4. The van der Waals surface area contributed by atoms with Gasteiger partial charge in [-0.05, 0) is 54.1 Å². The van der Waals surface area contributed by atoms with Gasteiger partial charge >= 0.3 is 0 Å². The van der Waals surface area contributed by atoms with Crippen LogP contribution >= 0.6 is 0 Å². The first-order chi connectivity index (χ1) is 25.2. The van der Waals surface area contributed by atoms with Crippen LogP contribution in [0, 0.1) is 0 Å². The fraction of sp³-hybridized carbons (Fsp3) is 0. The van der Waals surface area contributed by atoms with Gasteiger partial charge in [-0.15, -0.1) is 0 Å². The smallest absolute Gasteiger partial charge is 0.167 e. The molecule has 0 aliphatic heterocycles. The monoisotopic (exact) mass is 655 g/mol. The van der Waals surface area contributed by atoms with Crippen molar-refractivity contribution in [3.05, 3.63) is 152 Å². The van der Waals surface area contributed by atoms with Gasteiger partial charge in [0, 0.05) is 49.0 Å². The highest BCUT2D eigenvalue weighted by Crippen LogP contribution is 2.40. The molecule has 4 aromatic heterocycles. The molecule has 0 N–H and O–H groups in total. The number of nitrogens with zero attached hydrogens (tertiary/aromatic N) is 3. The Labute approximate surface area is 290 Å². The SMILES string of the molecule is c1ccc(-c2nc(-c3ccc4oc5cc(-c6cccc7c6oc6ccccc67)ccc5c4c3)nc(-c3cccc4c3oc3ccccc34)n2)cc1. The number of hydrogen-bond acceptors (Lipinski definition) is 6. The molecular formula is C45H25N3O3. The van der Waals surface area contributed by atoms with E-state index in [0.29, 0.717) is 17.5 Å². The molecule has 11 aromatic rings. The molecule has 0 saturated heterocycles. The Morgan fingerprint density at radius 1 is 0.294 bits per heavy atom. The van der Waals surface area contributed by atoms with Crippen LogP contribution in [0.2, 0.25) is 0 Å². The molecule has 0 saturated carbocycles. The third kappa shape index (κ3) is 4.33. The summed E-state index contributed by atoms with van der Waals surface area (Å²) in [6, 6.07) is 51.1. The molecule has 6 heteroatoms. The summed E-state index contributed by atoms with van der Waals surface area (Å²) in [5.41, 5.74) is 9.54. The van der Waals surface area contributed by atoms with E-state index in [1.54, 1.807) is 0 Å². The second-order valence-corrected chi connectivity index (χ2v) is 12.8. The maximum absolute atomic E-state index is 6.44. The summed E-state index contributed by atoms with van der Waals surface area (Å²) >= 11 is 0. The third-order valence-corrected chi connectivity index (χ3v) is 9.76. The number of hydrogen-bond donors (Lipinski definition) is 0. The first-order valence-electron chi connectivity index (χ1n) is 16.8. The van der Waals surface area contributed by atoms with Crippen molar-refractivity contribution in [2.75, 3.05) is 0 Å². The minimum atomic E-state index is 0.546. The van der Waals surface area contributed by atoms with Crippen molar-refractivity contribution in [3.63, 3.8) is 0 Å². The Morgan fingerprint density at radius 3 is 1.59 bits per heavy atom. The lowest BCUT2D eigenvalue weighted by Gasteiger charge is -2.09. The molecule has 0 aliphatic rings. The lowest BCUT2D eigenvalue weighted by Crippen LogP contribution is -2.00. The fourth-order valence-corrected chi connectivity index (χ4v) is 7.32. The first-order valence-corrected chi connectivity index (χ1v) is 16.8. The van der Waals surface area contributed by atoms with Crippen molar-refractivity contribution < 1.29 is 13.3 Å². The van der Waals surface area contributed by atoms with Gasteiger partial charge in [0.2, 0.25) is 0 Å². The Bertz CT molecular complexity index is 3150. The van der Waals surface area contributed by atoms with E-state index in [9.17, 15) is 0 Å². The molecule has 238 valence electrons. The molecule has 0 aliphatic carbocycles. The molecule has 0 unspecified atom stereocenters. The lowest BCUT2D eigenvalue weighted by molar-refractivity contribution is 0.668. The van der Waals surface area contributed by atoms with Crippen molar-refractivity contribution in [1.82, 2.24) is 15.0 Å². The Kier molecular flexibility index (Phi) is 5.86. The van der Waals surface area contributed by atoms with E-state index in [2.05, 4.69) is 60.7 Å². The van der Waals surface area contributed by atoms with E-state index in [1.807, 2.05) is 91.0 Å². The third-order valence-electron chi connectivity index (χ3n) is 9.76. The standard InChI is InChI=1S/C45H25N3O3/c1-2-10-26(11-3-1)43-46-44(48-45(47-43)35-17-9-16-34-31-13-5-7-19-38(31)51-42(34)35)28-21-23-39-36(24-28)32-22-20-27(25-40(32)49-39)29-14-8-15-33-30-12-4-6-18-37(30)50-41(29)33/h1-25H. The number of aromatic nitrogens is 3. The largest absolute Gasteiger partial charge is 0.456 e. The molecule has 0 amide bonds.